The van der Waals surface area contributed by atoms with Crippen LogP contribution in [0.2, 0.25) is 5.02 Å². The SMILES string of the molecule is NC(=NO)c1ncccc1COCc1ccc(Cl)cc1. The summed E-state index contributed by atoms with van der Waals surface area (Å²) in [5.41, 5.74) is 7.76. The normalized spacial score (nSPS) is 11.6. The molecule has 6 heteroatoms. The molecule has 20 heavy (non-hydrogen) atoms. The van der Waals surface area contributed by atoms with Crippen molar-refractivity contribution in [2.75, 3.05) is 0 Å². The van der Waals surface area contributed by atoms with Gasteiger partial charge in [-0.2, -0.15) is 0 Å². The molecule has 0 aliphatic carbocycles. The summed E-state index contributed by atoms with van der Waals surface area (Å²) in [5, 5.41) is 12.4. The number of ether oxygens (including phenoxy) is 1. The van der Waals surface area contributed by atoms with Crippen LogP contribution < -0.4 is 5.73 Å². The number of nitrogens with zero attached hydrogens (tertiary/aromatic N) is 2. The van der Waals surface area contributed by atoms with E-state index in [9.17, 15) is 0 Å². The molecule has 1 aromatic carbocycles. The Morgan fingerprint density at radius 2 is 2.00 bits per heavy atom. The van der Waals surface area contributed by atoms with Crippen LogP contribution in [0.25, 0.3) is 0 Å². The first-order valence-corrected chi connectivity index (χ1v) is 6.32. The average Bonchev–Trinajstić information content (AvgIpc) is 2.49. The number of halogens is 1. The van der Waals surface area contributed by atoms with Crippen LogP contribution in [-0.2, 0) is 18.0 Å². The van der Waals surface area contributed by atoms with Crippen molar-refractivity contribution in [3.63, 3.8) is 0 Å². The molecule has 1 aromatic heterocycles. The number of rotatable bonds is 5. The van der Waals surface area contributed by atoms with Crippen LogP contribution in [-0.4, -0.2) is 16.0 Å². The average molecular weight is 292 g/mol. The van der Waals surface area contributed by atoms with Crippen LogP contribution in [0.4, 0.5) is 0 Å². The van der Waals surface area contributed by atoms with Gasteiger partial charge in [-0.05, 0) is 23.8 Å². The van der Waals surface area contributed by atoms with Gasteiger partial charge in [0.15, 0.2) is 5.84 Å². The second-order valence-corrected chi connectivity index (χ2v) is 4.55. The summed E-state index contributed by atoms with van der Waals surface area (Å²) in [6, 6.07) is 11.0. The third kappa shape index (κ3) is 3.69. The molecule has 0 aliphatic rings. The molecule has 2 rings (SSSR count). The molecule has 104 valence electrons. The first-order valence-electron chi connectivity index (χ1n) is 5.94. The number of oxime groups is 1. The van der Waals surface area contributed by atoms with Gasteiger partial charge in [0.1, 0.15) is 5.69 Å². The zero-order chi connectivity index (χ0) is 14.4. The molecule has 0 bridgehead atoms. The Morgan fingerprint density at radius 3 is 2.70 bits per heavy atom. The molecular formula is C14H14ClN3O2. The summed E-state index contributed by atoms with van der Waals surface area (Å²) in [6.45, 7) is 0.768. The van der Waals surface area contributed by atoms with E-state index in [0.29, 0.717) is 23.9 Å². The quantitative estimate of drug-likeness (QED) is 0.384. The molecule has 0 fully saturated rings. The zero-order valence-corrected chi connectivity index (χ0v) is 11.4. The van der Waals surface area contributed by atoms with Crippen molar-refractivity contribution in [3.05, 3.63) is 64.4 Å². The van der Waals surface area contributed by atoms with Gasteiger partial charge in [-0.3, -0.25) is 4.98 Å². The maximum Gasteiger partial charge on any atom is 0.189 e. The van der Waals surface area contributed by atoms with E-state index in [1.807, 2.05) is 30.3 Å². The summed E-state index contributed by atoms with van der Waals surface area (Å²) in [4.78, 5) is 4.07. The summed E-state index contributed by atoms with van der Waals surface area (Å²) in [5.74, 6) is -0.0318. The van der Waals surface area contributed by atoms with Crippen molar-refractivity contribution in [3.8, 4) is 0 Å². The van der Waals surface area contributed by atoms with Gasteiger partial charge in [0.05, 0.1) is 13.2 Å². The van der Waals surface area contributed by atoms with Gasteiger partial charge in [-0.25, -0.2) is 0 Å². The number of hydrogen-bond acceptors (Lipinski definition) is 4. The zero-order valence-electron chi connectivity index (χ0n) is 10.7. The second-order valence-electron chi connectivity index (χ2n) is 4.12. The van der Waals surface area contributed by atoms with Gasteiger partial charge < -0.3 is 15.7 Å². The fourth-order valence-corrected chi connectivity index (χ4v) is 1.82. The van der Waals surface area contributed by atoms with E-state index < -0.39 is 0 Å². The van der Waals surface area contributed by atoms with Crippen LogP contribution in [0, 0.1) is 0 Å². The molecule has 0 amide bonds. The largest absolute Gasteiger partial charge is 0.409 e. The lowest BCUT2D eigenvalue weighted by atomic mass is 10.2. The predicted molar refractivity (Wildman–Crippen MR) is 76.7 cm³/mol. The Kier molecular flexibility index (Phi) is 4.92. The smallest absolute Gasteiger partial charge is 0.189 e. The van der Waals surface area contributed by atoms with E-state index in [2.05, 4.69) is 10.1 Å². The predicted octanol–water partition coefficient (Wildman–Crippen LogP) is 2.55. The van der Waals surface area contributed by atoms with E-state index in [1.165, 1.54) is 0 Å². The summed E-state index contributed by atoms with van der Waals surface area (Å²) in [6.07, 6.45) is 1.58. The van der Waals surface area contributed by atoms with Gasteiger partial charge in [0, 0.05) is 16.8 Å². The van der Waals surface area contributed by atoms with Crippen LogP contribution in [0.5, 0.6) is 0 Å². The highest BCUT2D eigenvalue weighted by atomic mass is 35.5. The molecule has 0 aliphatic heterocycles. The first kappa shape index (κ1) is 14.3. The maximum absolute atomic E-state index is 8.71. The molecule has 5 nitrogen and oxygen atoms in total. The lowest BCUT2D eigenvalue weighted by molar-refractivity contribution is 0.107. The Hall–Kier alpha value is -2.11. The monoisotopic (exact) mass is 291 g/mol. The number of nitrogens with two attached hydrogens (primary N) is 1. The van der Waals surface area contributed by atoms with Crippen LogP contribution in [0.15, 0.2) is 47.8 Å². The lowest BCUT2D eigenvalue weighted by Crippen LogP contribution is -2.17. The minimum atomic E-state index is -0.0318. The first-order chi connectivity index (χ1) is 9.70. The van der Waals surface area contributed by atoms with Crippen molar-refractivity contribution in [1.29, 1.82) is 0 Å². The Morgan fingerprint density at radius 1 is 1.25 bits per heavy atom. The Labute approximate surface area is 121 Å². The molecule has 2 aromatic rings. The fourth-order valence-electron chi connectivity index (χ4n) is 1.69. The third-order valence-corrected chi connectivity index (χ3v) is 2.93. The maximum atomic E-state index is 8.71. The number of amidine groups is 1. The van der Waals surface area contributed by atoms with Crippen LogP contribution in [0.3, 0.4) is 0 Å². The highest BCUT2D eigenvalue weighted by Crippen LogP contribution is 2.12. The number of hydrogen-bond donors (Lipinski definition) is 2. The van der Waals surface area contributed by atoms with E-state index >= 15 is 0 Å². The third-order valence-electron chi connectivity index (χ3n) is 2.68. The van der Waals surface area contributed by atoms with E-state index in [0.717, 1.165) is 11.1 Å². The molecule has 0 spiro atoms. The fraction of sp³-hybridized carbons (Fsp3) is 0.143. The molecule has 0 saturated carbocycles. The molecule has 0 saturated heterocycles. The van der Waals surface area contributed by atoms with Gasteiger partial charge in [0.2, 0.25) is 0 Å². The molecule has 3 N–H and O–H groups in total. The molecule has 0 unspecified atom stereocenters. The van der Waals surface area contributed by atoms with Gasteiger partial charge in [-0.15, -0.1) is 0 Å². The topological polar surface area (TPSA) is 80.7 Å². The molecule has 1 heterocycles. The van der Waals surface area contributed by atoms with Crippen molar-refractivity contribution >= 4 is 17.4 Å². The highest BCUT2D eigenvalue weighted by Gasteiger charge is 2.08. The van der Waals surface area contributed by atoms with Crippen molar-refractivity contribution < 1.29 is 9.94 Å². The van der Waals surface area contributed by atoms with Crippen molar-refractivity contribution in [1.82, 2.24) is 4.98 Å². The van der Waals surface area contributed by atoms with Crippen LogP contribution >= 0.6 is 11.6 Å². The molecule has 0 radical (unpaired) electrons. The number of pyridine rings is 1. The van der Waals surface area contributed by atoms with Crippen molar-refractivity contribution in [2.24, 2.45) is 10.9 Å². The van der Waals surface area contributed by atoms with Gasteiger partial charge >= 0.3 is 0 Å². The minimum Gasteiger partial charge on any atom is -0.409 e. The number of aromatic nitrogens is 1. The Balaban J connectivity index is 1.99. The van der Waals surface area contributed by atoms with Gasteiger partial charge in [-0.1, -0.05) is 35.0 Å². The summed E-state index contributed by atoms with van der Waals surface area (Å²) >= 11 is 5.81. The Bertz CT molecular complexity index is 600. The second kappa shape index (κ2) is 6.88. The van der Waals surface area contributed by atoms with Gasteiger partial charge in [0.25, 0.3) is 0 Å². The lowest BCUT2D eigenvalue weighted by Gasteiger charge is -2.08. The van der Waals surface area contributed by atoms with E-state index in [-0.39, 0.29) is 5.84 Å². The molecular weight excluding hydrogens is 278 g/mol. The van der Waals surface area contributed by atoms with E-state index in [1.54, 1.807) is 12.3 Å². The highest BCUT2D eigenvalue weighted by molar-refractivity contribution is 6.30. The van der Waals surface area contributed by atoms with Crippen LogP contribution in [0.1, 0.15) is 16.8 Å². The summed E-state index contributed by atoms with van der Waals surface area (Å²) in [7, 11) is 0. The summed E-state index contributed by atoms with van der Waals surface area (Å²) < 4.78 is 5.61. The molecule has 0 atom stereocenters. The standard InChI is InChI=1S/C14H14ClN3O2/c15-12-5-3-10(4-6-12)8-20-9-11-2-1-7-17-13(11)14(16)18-19/h1-7,19H,8-9H2,(H2,16,18). The number of benzene rings is 1. The van der Waals surface area contributed by atoms with E-state index in [4.69, 9.17) is 27.3 Å². The minimum absolute atomic E-state index is 0.0318. The van der Waals surface area contributed by atoms with Crippen molar-refractivity contribution in [2.45, 2.75) is 13.2 Å².